The van der Waals surface area contributed by atoms with Gasteiger partial charge in [0.25, 0.3) is 0 Å². The van der Waals surface area contributed by atoms with E-state index in [1.54, 1.807) is 7.11 Å². The van der Waals surface area contributed by atoms with E-state index in [-0.39, 0.29) is 11.6 Å². The summed E-state index contributed by atoms with van der Waals surface area (Å²) in [6, 6.07) is 10.9. The molecule has 0 saturated heterocycles. The van der Waals surface area contributed by atoms with Gasteiger partial charge in [-0.05, 0) is 37.2 Å². The lowest BCUT2D eigenvalue weighted by atomic mass is 9.88. The van der Waals surface area contributed by atoms with E-state index >= 15 is 0 Å². The summed E-state index contributed by atoms with van der Waals surface area (Å²) in [5.74, 6) is 6.95. The Kier molecular flexibility index (Phi) is 4.05. The van der Waals surface area contributed by atoms with Crippen molar-refractivity contribution in [3.8, 4) is 0 Å². The molecule has 0 aliphatic heterocycles. The third-order valence-electron chi connectivity index (χ3n) is 4.50. The lowest BCUT2D eigenvalue weighted by molar-refractivity contribution is -0.0355. The van der Waals surface area contributed by atoms with Crippen molar-refractivity contribution in [1.29, 1.82) is 0 Å². The highest BCUT2D eigenvalue weighted by Gasteiger charge is 2.50. The summed E-state index contributed by atoms with van der Waals surface area (Å²) in [5, 5.41) is 0. The van der Waals surface area contributed by atoms with Crippen molar-refractivity contribution >= 4 is 0 Å². The summed E-state index contributed by atoms with van der Waals surface area (Å²) in [7, 11) is 1.77. The molecule has 4 atom stereocenters. The molecule has 0 amide bonds. The first kappa shape index (κ1) is 13.5. The average Bonchev–Trinajstić information content (AvgIpc) is 3.20. The van der Waals surface area contributed by atoms with E-state index in [1.165, 1.54) is 12.0 Å². The smallest absolute Gasteiger partial charge is 0.0816 e. The molecule has 1 aromatic rings. The number of nitrogens with one attached hydrogen (secondary N) is 1. The zero-order valence-corrected chi connectivity index (χ0v) is 11.5. The Morgan fingerprint density at radius 3 is 2.61 bits per heavy atom. The van der Waals surface area contributed by atoms with Crippen LogP contribution in [0.2, 0.25) is 0 Å². The summed E-state index contributed by atoms with van der Waals surface area (Å²) in [5.41, 5.74) is 4.20. The zero-order chi connectivity index (χ0) is 13.2. The lowest BCUT2D eigenvalue weighted by Gasteiger charge is -2.36. The molecule has 4 unspecified atom stereocenters. The van der Waals surface area contributed by atoms with Crippen LogP contribution in [0.5, 0.6) is 0 Å². The third kappa shape index (κ3) is 2.44. The summed E-state index contributed by atoms with van der Waals surface area (Å²) in [4.78, 5) is 0. The maximum absolute atomic E-state index is 5.76. The molecular formula is C15H24N2O. The van der Waals surface area contributed by atoms with Crippen LogP contribution in [0.15, 0.2) is 30.3 Å². The maximum Gasteiger partial charge on any atom is 0.0816 e. The standard InChI is InChI=1S/C15H24N2O/c1-4-15(2,18-3)14(17-16)13-10-12(13)11-8-6-5-7-9-11/h5-9,12-14,17H,4,10,16H2,1-3H3. The number of hydrogen-bond acceptors (Lipinski definition) is 3. The number of nitrogens with two attached hydrogens (primary N) is 1. The molecule has 1 fully saturated rings. The van der Waals surface area contributed by atoms with Crippen LogP contribution in [-0.4, -0.2) is 18.8 Å². The van der Waals surface area contributed by atoms with Crippen molar-refractivity contribution in [1.82, 2.24) is 5.43 Å². The van der Waals surface area contributed by atoms with E-state index in [0.29, 0.717) is 11.8 Å². The molecule has 0 spiro atoms. The molecule has 2 rings (SSSR count). The molecule has 18 heavy (non-hydrogen) atoms. The number of benzene rings is 1. The van der Waals surface area contributed by atoms with Gasteiger partial charge in [-0.3, -0.25) is 11.3 Å². The molecule has 3 N–H and O–H groups in total. The second kappa shape index (κ2) is 5.39. The first-order valence-electron chi connectivity index (χ1n) is 6.72. The monoisotopic (exact) mass is 248 g/mol. The van der Waals surface area contributed by atoms with Crippen LogP contribution in [0.1, 0.15) is 38.2 Å². The third-order valence-corrected chi connectivity index (χ3v) is 4.50. The van der Waals surface area contributed by atoms with Gasteiger partial charge in [-0.25, -0.2) is 0 Å². The summed E-state index contributed by atoms with van der Waals surface area (Å²) in [6.07, 6.45) is 2.15. The fraction of sp³-hybridized carbons (Fsp3) is 0.600. The van der Waals surface area contributed by atoms with E-state index in [2.05, 4.69) is 49.6 Å². The molecule has 0 bridgehead atoms. The lowest BCUT2D eigenvalue weighted by Crippen LogP contribution is -2.54. The van der Waals surface area contributed by atoms with Crippen LogP contribution in [0.3, 0.4) is 0 Å². The Morgan fingerprint density at radius 2 is 2.11 bits per heavy atom. The molecule has 1 aliphatic carbocycles. The number of hydrogen-bond donors (Lipinski definition) is 2. The quantitative estimate of drug-likeness (QED) is 0.600. The van der Waals surface area contributed by atoms with Gasteiger partial charge in [0.15, 0.2) is 0 Å². The molecule has 1 saturated carbocycles. The van der Waals surface area contributed by atoms with Crippen molar-refractivity contribution in [3.63, 3.8) is 0 Å². The largest absolute Gasteiger partial charge is 0.377 e. The van der Waals surface area contributed by atoms with Gasteiger partial charge < -0.3 is 4.74 Å². The van der Waals surface area contributed by atoms with Crippen molar-refractivity contribution in [2.45, 2.75) is 44.2 Å². The molecule has 0 radical (unpaired) electrons. The van der Waals surface area contributed by atoms with Gasteiger partial charge in [-0.15, -0.1) is 0 Å². The second-order valence-electron chi connectivity index (χ2n) is 5.43. The number of rotatable bonds is 6. The van der Waals surface area contributed by atoms with E-state index in [4.69, 9.17) is 10.6 Å². The van der Waals surface area contributed by atoms with E-state index in [1.807, 2.05) is 0 Å². The minimum atomic E-state index is -0.192. The fourth-order valence-corrected chi connectivity index (χ4v) is 2.91. The van der Waals surface area contributed by atoms with E-state index < -0.39 is 0 Å². The highest BCUT2D eigenvalue weighted by Crippen LogP contribution is 2.52. The second-order valence-corrected chi connectivity index (χ2v) is 5.43. The van der Waals surface area contributed by atoms with E-state index in [0.717, 1.165) is 6.42 Å². The van der Waals surface area contributed by atoms with Crippen LogP contribution >= 0.6 is 0 Å². The molecular weight excluding hydrogens is 224 g/mol. The predicted octanol–water partition coefficient (Wildman–Crippen LogP) is 2.44. The highest BCUT2D eigenvalue weighted by atomic mass is 16.5. The number of ether oxygens (including phenoxy) is 1. The van der Waals surface area contributed by atoms with Crippen LogP contribution in [0, 0.1) is 5.92 Å². The molecule has 1 aromatic carbocycles. The van der Waals surface area contributed by atoms with Crippen LogP contribution in [-0.2, 0) is 4.74 Å². The topological polar surface area (TPSA) is 47.3 Å². The maximum atomic E-state index is 5.76. The number of methoxy groups -OCH3 is 1. The van der Waals surface area contributed by atoms with Gasteiger partial charge in [-0.2, -0.15) is 0 Å². The Labute approximate surface area is 110 Å². The van der Waals surface area contributed by atoms with E-state index in [9.17, 15) is 0 Å². The molecule has 1 aliphatic rings. The minimum Gasteiger partial charge on any atom is -0.377 e. The highest BCUT2D eigenvalue weighted by molar-refractivity contribution is 5.27. The fourth-order valence-electron chi connectivity index (χ4n) is 2.91. The minimum absolute atomic E-state index is 0.192. The molecule has 0 aromatic heterocycles. The van der Waals surface area contributed by atoms with Crippen molar-refractivity contribution < 1.29 is 4.74 Å². The summed E-state index contributed by atoms with van der Waals surface area (Å²) < 4.78 is 5.68. The first-order valence-corrected chi connectivity index (χ1v) is 6.72. The molecule has 100 valence electrons. The van der Waals surface area contributed by atoms with Crippen molar-refractivity contribution in [2.24, 2.45) is 11.8 Å². The van der Waals surface area contributed by atoms with Crippen molar-refractivity contribution in [3.05, 3.63) is 35.9 Å². The molecule has 3 heteroatoms. The van der Waals surface area contributed by atoms with Crippen LogP contribution < -0.4 is 11.3 Å². The molecule has 0 heterocycles. The Morgan fingerprint density at radius 1 is 1.44 bits per heavy atom. The first-order chi connectivity index (χ1) is 8.66. The Hall–Kier alpha value is -0.900. The Bertz CT molecular complexity index is 375. The van der Waals surface area contributed by atoms with Gasteiger partial charge in [-0.1, -0.05) is 37.3 Å². The predicted molar refractivity (Wildman–Crippen MR) is 74.1 cm³/mol. The van der Waals surface area contributed by atoms with Crippen LogP contribution in [0.4, 0.5) is 0 Å². The normalized spacial score (nSPS) is 27.6. The summed E-state index contributed by atoms with van der Waals surface area (Å²) in [6.45, 7) is 4.28. The van der Waals surface area contributed by atoms with Gasteiger partial charge in [0.1, 0.15) is 0 Å². The van der Waals surface area contributed by atoms with Crippen molar-refractivity contribution in [2.75, 3.05) is 7.11 Å². The van der Waals surface area contributed by atoms with Gasteiger partial charge >= 0.3 is 0 Å². The average molecular weight is 248 g/mol. The van der Waals surface area contributed by atoms with Gasteiger partial charge in [0.05, 0.1) is 11.6 Å². The number of hydrazine groups is 1. The molecule has 3 nitrogen and oxygen atoms in total. The van der Waals surface area contributed by atoms with Gasteiger partial charge in [0, 0.05) is 7.11 Å². The van der Waals surface area contributed by atoms with Crippen LogP contribution in [0.25, 0.3) is 0 Å². The summed E-state index contributed by atoms with van der Waals surface area (Å²) >= 11 is 0. The zero-order valence-electron chi connectivity index (χ0n) is 11.5. The Balaban J connectivity index is 2.09. The van der Waals surface area contributed by atoms with Gasteiger partial charge in [0.2, 0.25) is 0 Å². The SMILES string of the molecule is CCC(C)(OC)C(NN)C1CC1c1ccccc1.